The molecule has 3 fully saturated rings. The van der Waals surface area contributed by atoms with Gasteiger partial charge in [-0.25, -0.2) is 0 Å². The smallest absolute Gasteiger partial charge is 0.373 e. The first kappa shape index (κ1) is 46.0. The number of halogens is 18. The number of hydrogen-bond acceptors (Lipinski definition) is 3. The number of hydrogen-bond donors (Lipinski definition) is 3. The molecule has 3 N–H and O–H groups in total. The van der Waals surface area contributed by atoms with Gasteiger partial charge < -0.3 is 15.3 Å². The topological polar surface area (TPSA) is 60.7 Å². The Labute approximate surface area is 292 Å². The van der Waals surface area contributed by atoms with Crippen LogP contribution >= 0.6 is 0 Å². The van der Waals surface area contributed by atoms with E-state index in [-0.39, 0.29) is 12.8 Å². The van der Waals surface area contributed by atoms with E-state index in [4.69, 9.17) is 0 Å². The van der Waals surface area contributed by atoms with E-state index < -0.39 is 164 Å². The van der Waals surface area contributed by atoms with Gasteiger partial charge in [0.2, 0.25) is 0 Å². The van der Waals surface area contributed by atoms with Crippen LogP contribution in [-0.2, 0) is 0 Å². The fourth-order valence-electron chi connectivity index (χ4n) is 9.50. The molecule has 0 aromatic heterocycles. The zero-order valence-electron chi connectivity index (χ0n) is 28.5. The lowest BCUT2D eigenvalue weighted by Crippen LogP contribution is -2.63. The molecule has 314 valence electrons. The summed E-state index contributed by atoms with van der Waals surface area (Å²) >= 11 is 0. The fraction of sp³-hybridized carbons (Fsp3) is 1.00. The molecule has 3 nitrogen and oxygen atoms in total. The zero-order valence-corrected chi connectivity index (χ0v) is 28.5. The second kappa shape index (κ2) is 14.5. The SMILES string of the molecule is CC1CCC(C(O)(C(F)(F)F)C(F)(F)F)CC1CC1CC(C(O)(C(F)(F)F)C(F)(F)F)CC(CC2CC(C(O)(C(F)(F)F)C(F)(F)F)CCC2C)C1C. The van der Waals surface area contributed by atoms with Crippen molar-refractivity contribution in [1.82, 2.24) is 0 Å². The quantitative estimate of drug-likeness (QED) is 0.224. The Kier molecular flexibility index (Phi) is 12.6. The summed E-state index contributed by atoms with van der Waals surface area (Å²) in [6, 6.07) is 0. The van der Waals surface area contributed by atoms with Gasteiger partial charge in [0.05, 0.1) is 0 Å². The fourth-order valence-corrected chi connectivity index (χ4v) is 9.50. The summed E-state index contributed by atoms with van der Waals surface area (Å²) in [4.78, 5) is 0. The lowest BCUT2D eigenvalue weighted by Gasteiger charge is -2.51. The third-order valence-corrected chi connectivity index (χ3v) is 13.0. The van der Waals surface area contributed by atoms with E-state index in [9.17, 15) is 94.3 Å². The predicted molar refractivity (Wildman–Crippen MR) is 149 cm³/mol. The number of aliphatic hydroxyl groups is 3. The Morgan fingerprint density at radius 2 is 0.585 bits per heavy atom. The van der Waals surface area contributed by atoms with Crippen molar-refractivity contribution in [2.24, 2.45) is 59.2 Å². The summed E-state index contributed by atoms with van der Waals surface area (Å²) in [5, 5.41) is 30.5. The molecular formula is C32H42F18O3. The standard InChI is InChI=1S/C32H42F18O3/c1-14-4-6-21(24(51,27(33,34)35)28(36,37)38)10-17(14)8-19-12-23(26(53,31(45,46)47)32(48,49)50)13-20(16(19)3)9-18-11-22(7-5-15(18)2)25(52,29(39,40)41)30(42,43)44/h14-23,51-53H,4-13H2,1-3H3. The van der Waals surface area contributed by atoms with Crippen LogP contribution < -0.4 is 0 Å². The maximum Gasteiger partial charge on any atom is 0.426 e. The molecule has 3 rings (SSSR count). The molecule has 53 heavy (non-hydrogen) atoms. The minimum atomic E-state index is -6.37. The summed E-state index contributed by atoms with van der Waals surface area (Å²) in [5.74, 6) is -15.5. The molecule has 0 aromatic rings. The van der Waals surface area contributed by atoms with Crippen molar-refractivity contribution >= 4 is 0 Å². The van der Waals surface area contributed by atoms with E-state index in [0.717, 1.165) is 0 Å². The lowest BCUT2D eigenvalue weighted by molar-refractivity contribution is -0.390. The predicted octanol–water partition coefficient (Wildman–Crippen LogP) is 10.7. The van der Waals surface area contributed by atoms with Crippen LogP contribution in [0.2, 0.25) is 0 Å². The molecule has 3 saturated carbocycles. The average molecular weight is 817 g/mol. The molecular weight excluding hydrogens is 774 g/mol. The van der Waals surface area contributed by atoms with Gasteiger partial charge in [-0.05, 0) is 92.8 Å². The highest BCUT2D eigenvalue weighted by Crippen LogP contribution is 2.60. The molecule has 0 aliphatic heterocycles. The van der Waals surface area contributed by atoms with Crippen molar-refractivity contribution in [1.29, 1.82) is 0 Å². The van der Waals surface area contributed by atoms with Crippen molar-refractivity contribution in [3.05, 3.63) is 0 Å². The van der Waals surface area contributed by atoms with Gasteiger partial charge in [-0.1, -0.05) is 33.6 Å². The Morgan fingerprint density at radius 1 is 0.358 bits per heavy atom. The molecule has 8 unspecified atom stereocenters. The maximum absolute atomic E-state index is 14.1. The maximum atomic E-state index is 14.1. The molecule has 0 aromatic carbocycles. The molecule has 21 heteroatoms. The summed E-state index contributed by atoms with van der Waals surface area (Å²) in [7, 11) is 0. The minimum absolute atomic E-state index is 0.352. The molecule has 0 radical (unpaired) electrons. The summed E-state index contributed by atoms with van der Waals surface area (Å²) in [6.45, 7) is 4.07. The van der Waals surface area contributed by atoms with Gasteiger partial charge in [0.25, 0.3) is 16.8 Å². The average Bonchev–Trinajstić information content (AvgIpc) is 2.96. The highest BCUT2D eigenvalue weighted by atomic mass is 19.4. The molecule has 0 bridgehead atoms. The van der Waals surface area contributed by atoms with Crippen LogP contribution in [0, 0.1) is 59.2 Å². The Bertz CT molecular complexity index is 1120. The second-order valence-corrected chi connectivity index (χ2v) is 15.8. The molecule has 0 heterocycles. The van der Waals surface area contributed by atoms with Crippen LogP contribution in [0.1, 0.15) is 85.0 Å². The van der Waals surface area contributed by atoms with Gasteiger partial charge in [0.1, 0.15) is 0 Å². The van der Waals surface area contributed by atoms with Gasteiger partial charge in [0, 0.05) is 17.8 Å². The highest BCUT2D eigenvalue weighted by Gasteiger charge is 2.76. The van der Waals surface area contributed by atoms with Crippen molar-refractivity contribution < 1.29 is 94.3 Å². The van der Waals surface area contributed by atoms with Crippen LogP contribution in [0.25, 0.3) is 0 Å². The molecule has 3 aliphatic carbocycles. The molecule has 8 atom stereocenters. The van der Waals surface area contributed by atoms with Crippen molar-refractivity contribution in [3.63, 3.8) is 0 Å². The van der Waals surface area contributed by atoms with E-state index in [1.807, 2.05) is 0 Å². The van der Waals surface area contributed by atoms with Crippen molar-refractivity contribution in [2.75, 3.05) is 0 Å². The third kappa shape index (κ3) is 8.22. The number of alkyl halides is 18. The van der Waals surface area contributed by atoms with Crippen LogP contribution in [0.15, 0.2) is 0 Å². The zero-order chi connectivity index (χ0) is 41.3. The van der Waals surface area contributed by atoms with Crippen LogP contribution in [0.4, 0.5) is 79.0 Å². The van der Waals surface area contributed by atoms with Gasteiger partial charge in [0.15, 0.2) is 0 Å². The van der Waals surface area contributed by atoms with Gasteiger partial charge in [-0.15, -0.1) is 0 Å². The minimum Gasteiger partial charge on any atom is -0.373 e. The first-order chi connectivity index (χ1) is 23.5. The first-order valence-electron chi connectivity index (χ1n) is 17.0. The second-order valence-electron chi connectivity index (χ2n) is 15.8. The first-order valence-corrected chi connectivity index (χ1v) is 17.0. The third-order valence-electron chi connectivity index (χ3n) is 13.0. The summed E-state index contributed by atoms with van der Waals surface area (Å²) < 4.78 is 249. The Balaban J connectivity index is 2.05. The molecule has 0 saturated heterocycles. The van der Waals surface area contributed by atoms with E-state index in [2.05, 4.69) is 0 Å². The molecule has 0 amide bonds. The van der Waals surface area contributed by atoms with Crippen LogP contribution in [0.5, 0.6) is 0 Å². The Morgan fingerprint density at radius 3 is 0.830 bits per heavy atom. The van der Waals surface area contributed by atoms with Crippen molar-refractivity contribution in [3.8, 4) is 0 Å². The highest BCUT2D eigenvalue weighted by molar-refractivity contribution is 5.06. The van der Waals surface area contributed by atoms with Crippen molar-refractivity contribution in [2.45, 2.75) is 139 Å². The normalized spacial score (nSPS) is 34.0. The van der Waals surface area contributed by atoms with Crippen LogP contribution in [0.3, 0.4) is 0 Å². The summed E-state index contributed by atoms with van der Waals surface area (Å²) in [5.41, 5.74) is -15.8. The molecule has 3 aliphatic rings. The van der Waals surface area contributed by atoms with E-state index in [1.54, 1.807) is 0 Å². The van der Waals surface area contributed by atoms with Gasteiger partial charge in [-0.2, -0.15) is 79.0 Å². The monoisotopic (exact) mass is 816 g/mol. The molecule has 0 spiro atoms. The summed E-state index contributed by atoms with van der Waals surface area (Å²) in [6.07, 6.45) is -45.2. The lowest BCUT2D eigenvalue weighted by atomic mass is 9.57. The van der Waals surface area contributed by atoms with Gasteiger partial charge >= 0.3 is 37.1 Å². The number of rotatable bonds is 7. The van der Waals surface area contributed by atoms with E-state index >= 15 is 0 Å². The van der Waals surface area contributed by atoms with Gasteiger partial charge in [-0.3, -0.25) is 0 Å². The Hall–Kier alpha value is -1.38. The van der Waals surface area contributed by atoms with E-state index in [1.165, 1.54) is 20.8 Å². The largest absolute Gasteiger partial charge is 0.426 e. The van der Waals surface area contributed by atoms with Crippen LogP contribution in [-0.4, -0.2) is 69.2 Å². The van der Waals surface area contributed by atoms with E-state index in [0.29, 0.717) is 0 Å².